The molecule has 174 valence electrons. The van der Waals surface area contributed by atoms with Crippen molar-refractivity contribution in [2.24, 2.45) is 11.8 Å². The maximum Gasteiger partial charge on any atom is 0.329 e. The predicted octanol–water partition coefficient (Wildman–Crippen LogP) is 0.566. The minimum Gasteiger partial charge on any atom is -0.493 e. The largest absolute Gasteiger partial charge is 0.493 e. The van der Waals surface area contributed by atoms with Gasteiger partial charge >= 0.3 is 5.97 Å². The maximum absolute atomic E-state index is 13.4. The zero-order valence-electron chi connectivity index (χ0n) is 18.3. The molecule has 4 heterocycles. The number of Topliss-reactive ketones (excluding diaryl/α,β-unsaturated/α-hetero) is 1. The summed E-state index contributed by atoms with van der Waals surface area (Å²) in [5.74, 6) is -2.56. The number of nitrogens with zero attached hydrogens (tertiary/aromatic N) is 2. The molecule has 1 aromatic carbocycles. The molecule has 2 bridgehead atoms. The van der Waals surface area contributed by atoms with Crippen molar-refractivity contribution in [1.29, 1.82) is 0 Å². The van der Waals surface area contributed by atoms with Gasteiger partial charge < -0.3 is 29.1 Å². The van der Waals surface area contributed by atoms with E-state index in [1.165, 1.54) is 7.11 Å². The van der Waals surface area contributed by atoms with Gasteiger partial charge in [0.15, 0.2) is 11.5 Å². The molecule has 0 aromatic heterocycles. The molecule has 0 radical (unpaired) electrons. The van der Waals surface area contributed by atoms with Crippen molar-refractivity contribution in [1.82, 2.24) is 4.90 Å². The van der Waals surface area contributed by atoms with Gasteiger partial charge in [0, 0.05) is 30.4 Å². The third-order valence-electron chi connectivity index (χ3n) is 8.37. The lowest BCUT2D eigenvalue weighted by molar-refractivity contribution is -0.188. The van der Waals surface area contributed by atoms with Crippen molar-refractivity contribution in [3.63, 3.8) is 0 Å². The van der Waals surface area contributed by atoms with Crippen LogP contribution in [0.3, 0.4) is 0 Å². The monoisotopic (exact) mass is 456 g/mol. The van der Waals surface area contributed by atoms with Gasteiger partial charge in [0.05, 0.1) is 44.0 Å². The van der Waals surface area contributed by atoms with Crippen LogP contribution >= 0.6 is 0 Å². The quantitative estimate of drug-likeness (QED) is 0.638. The minimum absolute atomic E-state index is 0.0519. The summed E-state index contributed by atoms with van der Waals surface area (Å²) in [6.45, 7) is -0.0484. The second kappa shape index (κ2) is 6.69. The SMILES string of the molecule is COc1cc2c(cc1OC)N1C(=O)C[C@@H](OCC(=O)O)[C@@H]3[C@@H]1[C@H]2[C@@]12CCN1C(=O)C(=O)[C@H]3C2. The first-order chi connectivity index (χ1) is 15.8. The molecular weight excluding hydrogens is 432 g/mol. The van der Waals surface area contributed by atoms with Gasteiger partial charge in [0.1, 0.15) is 6.61 Å². The molecule has 4 fully saturated rings. The number of hydrogen-bond acceptors (Lipinski definition) is 7. The van der Waals surface area contributed by atoms with E-state index in [1.54, 1.807) is 23.0 Å². The molecule has 10 heteroatoms. The Morgan fingerprint density at radius 1 is 1.18 bits per heavy atom. The molecule has 2 amide bonds. The Hall–Kier alpha value is -3.14. The number of amides is 2. The van der Waals surface area contributed by atoms with E-state index >= 15 is 0 Å². The van der Waals surface area contributed by atoms with Crippen LogP contribution in [0.1, 0.15) is 30.7 Å². The van der Waals surface area contributed by atoms with Crippen LogP contribution in [-0.2, 0) is 23.9 Å². The van der Waals surface area contributed by atoms with Crippen molar-refractivity contribution in [3.05, 3.63) is 17.7 Å². The number of rotatable bonds is 5. The fraction of sp³-hybridized carbons (Fsp3) is 0.565. The normalized spacial score (nSPS) is 35.5. The van der Waals surface area contributed by atoms with E-state index in [2.05, 4.69) is 0 Å². The minimum atomic E-state index is -1.14. The van der Waals surface area contributed by atoms with E-state index in [0.717, 1.165) is 12.0 Å². The summed E-state index contributed by atoms with van der Waals surface area (Å²) < 4.78 is 16.7. The van der Waals surface area contributed by atoms with Crippen LogP contribution in [0.2, 0.25) is 0 Å². The number of carboxylic acids is 1. The molecule has 33 heavy (non-hydrogen) atoms. The van der Waals surface area contributed by atoms with E-state index in [0.29, 0.717) is 30.2 Å². The number of carboxylic acid groups (broad SMARTS) is 1. The average molecular weight is 456 g/mol. The number of piperidine rings is 2. The van der Waals surface area contributed by atoms with Gasteiger partial charge in [-0.15, -0.1) is 0 Å². The molecule has 1 spiro atoms. The molecule has 6 atom stereocenters. The highest BCUT2D eigenvalue weighted by Crippen LogP contribution is 2.65. The van der Waals surface area contributed by atoms with E-state index < -0.39 is 53.8 Å². The fourth-order valence-corrected chi connectivity index (χ4v) is 7.16. The Labute approximate surface area is 189 Å². The highest BCUT2D eigenvalue weighted by atomic mass is 16.5. The fourth-order valence-electron chi connectivity index (χ4n) is 7.16. The van der Waals surface area contributed by atoms with Gasteiger partial charge in [-0.25, -0.2) is 4.79 Å². The summed E-state index contributed by atoms with van der Waals surface area (Å²) in [6, 6.07) is 3.25. The van der Waals surface area contributed by atoms with Crippen LogP contribution in [-0.4, -0.2) is 78.6 Å². The Morgan fingerprint density at radius 2 is 1.91 bits per heavy atom. The summed E-state index contributed by atoms with van der Waals surface area (Å²) >= 11 is 0. The van der Waals surface area contributed by atoms with Crippen LogP contribution in [0.5, 0.6) is 11.5 Å². The van der Waals surface area contributed by atoms with Gasteiger partial charge in [0.25, 0.3) is 5.91 Å². The van der Waals surface area contributed by atoms with Gasteiger partial charge in [-0.1, -0.05) is 0 Å². The Kier molecular flexibility index (Phi) is 4.15. The van der Waals surface area contributed by atoms with Crippen molar-refractivity contribution in [3.8, 4) is 11.5 Å². The number of methoxy groups -OCH3 is 2. The number of aliphatic carboxylic acids is 1. The topological polar surface area (TPSA) is 123 Å². The molecule has 1 aliphatic carbocycles. The summed E-state index contributed by atoms with van der Waals surface area (Å²) in [4.78, 5) is 54.2. The van der Waals surface area contributed by atoms with Crippen molar-refractivity contribution >= 4 is 29.3 Å². The van der Waals surface area contributed by atoms with Gasteiger partial charge in [-0.2, -0.15) is 0 Å². The molecular formula is C23H24N2O8. The standard InChI is InChI=1S/C23H24N2O8/c1-31-13-5-10-12(6-14(13)32-2)25-16(26)7-15(33-9-17(27)28)18-11-8-23(19(10)20(18)25)3-4-24(23)22(30)21(11)29/h5-6,11,15,18-20H,3-4,7-9H2,1-2H3,(H,27,28)/t11-,15+,18+,19-,20+,23-/m0/s1. The Morgan fingerprint density at radius 3 is 2.55 bits per heavy atom. The lowest BCUT2D eigenvalue weighted by atomic mass is 9.51. The second-order valence-electron chi connectivity index (χ2n) is 9.51. The number of carbonyl (C=O) groups excluding carboxylic acids is 3. The molecule has 10 nitrogen and oxygen atoms in total. The first-order valence-corrected chi connectivity index (χ1v) is 11.1. The Balaban J connectivity index is 1.55. The molecule has 1 N–H and O–H groups in total. The zero-order chi connectivity index (χ0) is 23.2. The predicted molar refractivity (Wildman–Crippen MR) is 111 cm³/mol. The average Bonchev–Trinajstić information content (AvgIpc) is 3.12. The maximum atomic E-state index is 13.4. The number of hydrogen-bond donors (Lipinski definition) is 1. The van der Waals surface area contributed by atoms with Crippen LogP contribution in [0.25, 0.3) is 0 Å². The van der Waals surface area contributed by atoms with Crippen molar-refractivity contribution < 1.29 is 38.5 Å². The number of benzene rings is 1. The van der Waals surface area contributed by atoms with Crippen LogP contribution < -0.4 is 14.4 Å². The van der Waals surface area contributed by atoms with Crippen molar-refractivity contribution in [2.45, 2.75) is 42.9 Å². The van der Waals surface area contributed by atoms with E-state index in [9.17, 15) is 19.2 Å². The highest BCUT2D eigenvalue weighted by molar-refractivity contribution is 6.38. The van der Waals surface area contributed by atoms with E-state index in [1.807, 2.05) is 6.07 Å². The van der Waals surface area contributed by atoms with Crippen molar-refractivity contribution in [2.75, 3.05) is 32.3 Å². The first-order valence-electron chi connectivity index (χ1n) is 11.1. The van der Waals surface area contributed by atoms with Gasteiger partial charge in [-0.05, 0) is 24.5 Å². The number of fused-ring (bicyclic) bond motifs is 5. The first kappa shape index (κ1) is 20.5. The number of ketones is 1. The third kappa shape index (κ3) is 2.41. The molecule has 6 rings (SSSR count). The van der Waals surface area contributed by atoms with E-state index in [4.69, 9.17) is 19.3 Å². The molecule has 0 unspecified atom stereocenters. The van der Waals surface area contributed by atoms with Crippen LogP contribution in [0, 0.1) is 11.8 Å². The zero-order valence-corrected chi connectivity index (χ0v) is 18.3. The molecule has 5 aliphatic rings. The summed E-state index contributed by atoms with van der Waals surface area (Å²) in [7, 11) is 3.07. The molecule has 3 saturated heterocycles. The lowest BCUT2D eigenvalue weighted by Gasteiger charge is -2.66. The third-order valence-corrected chi connectivity index (χ3v) is 8.37. The second-order valence-corrected chi connectivity index (χ2v) is 9.51. The summed E-state index contributed by atoms with van der Waals surface area (Å²) in [5, 5.41) is 9.16. The number of carbonyl (C=O) groups is 4. The van der Waals surface area contributed by atoms with Gasteiger partial charge in [-0.3, -0.25) is 14.4 Å². The highest BCUT2D eigenvalue weighted by Gasteiger charge is 2.72. The van der Waals surface area contributed by atoms with E-state index in [-0.39, 0.29) is 18.2 Å². The Bertz CT molecular complexity index is 1120. The smallest absolute Gasteiger partial charge is 0.329 e. The van der Waals surface area contributed by atoms with Gasteiger partial charge in [0.2, 0.25) is 11.7 Å². The van der Waals surface area contributed by atoms with Crippen LogP contribution in [0.15, 0.2) is 12.1 Å². The number of ether oxygens (including phenoxy) is 3. The van der Waals surface area contributed by atoms with Crippen LogP contribution in [0.4, 0.5) is 5.69 Å². The summed E-state index contributed by atoms with van der Waals surface area (Å²) in [6.07, 6.45) is 0.434. The molecule has 4 aliphatic heterocycles. The number of anilines is 1. The lowest BCUT2D eigenvalue weighted by Crippen LogP contribution is -2.78. The molecule has 1 aromatic rings. The summed E-state index contributed by atoms with van der Waals surface area (Å²) in [5.41, 5.74) is 1.04. The molecule has 1 saturated carbocycles.